The van der Waals surface area contributed by atoms with Gasteiger partial charge in [0.2, 0.25) is 0 Å². The zero-order chi connectivity index (χ0) is 12.8. The minimum absolute atomic E-state index is 0.172. The number of fused-ring (bicyclic) bond motifs is 1. The molecule has 0 radical (unpaired) electrons. The SMILES string of the molecule is CC1(C)OC[C@H](CN2Cc3cc(Br)ccc3S2)O1. The van der Waals surface area contributed by atoms with E-state index in [1.807, 2.05) is 25.8 Å². The average Bonchev–Trinajstić information content (AvgIpc) is 2.81. The predicted molar refractivity (Wildman–Crippen MR) is 75.3 cm³/mol. The van der Waals surface area contributed by atoms with Crippen molar-refractivity contribution in [3.8, 4) is 0 Å². The molecule has 1 aromatic rings. The quantitative estimate of drug-likeness (QED) is 0.775. The number of rotatable bonds is 2. The molecular formula is C13H16BrNO2S. The van der Waals surface area contributed by atoms with E-state index in [2.05, 4.69) is 38.4 Å². The Morgan fingerprint density at radius 2 is 2.33 bits per heavy atom. The van der Waals surface area contributed by atoms with Gasteiger partial charge in [-0.05, 0) is 49.6 Å². The molecule has 0 N–H and O–H groups in total. The highest BCUT2D eigenvalue weighted by atomic mass is 79.9. The summed E-state index contributed by atoms with van der Waals surface area (Å²) in [4.78, 5) is 1.34. The molecule has 0 amide bonds. The van der Waals surface area contributed by atoms with Crippen LogP contribution in [0.4, 0.5) is 0 Å². The number of hydrogen-bond donors (Lipinski definition) is 0. The van der Waals surface area contributed by atoms with Crippen molar-refractivity contribution in [2.75, 3.05) is 13.2 Å². The number of nitrogens with zero attached hydrogens (tertiary/aromatic N) is 1. The molecule has 3 rings (SSSR count). The molecule has 98 valence electrons. The van der Waals surface area contributed by atoms with E-state index < -0.39 is 5.79 Å². The molecule has 3 nitrogen and oxygen atoms in total. The van der Waals surface area contributed by atoms with Gasteiger partial charge in [0.05, 0.1) is 12.7 Å². The Labute approximate surface area is 120 Å². The summed E-state index contributed by atoms with van der Waals surface area (Å²) in [6.07, 6.45) is 0.172. The van der Waals surface area contributed by atoms with E-state index in [1.54, 1.807) is 0 Å². The van der Waals surface area contributed by atoms with E-state index in [1.165, 1.54) is 10.5 Å². The van der Waals surface area contributed by atoms with Crippen LogP contribution in [0.2, 0.25) is 0 Å². The Hall–Kier alpha value is -0.0700. The summed E-state index contributed by atoms with van der Waals surface area (Å²) in [6.45, 7) is 6.50. The highest BCUT2D eigenvalue weighted by Gasteiger charge is 2.34. The Bertz CT molecular complexity index is 466. The second-order valence-corrected chi connectivity index (χ2v) is 7.17. The second-order valence-electron chi connectivity index (χ2n) is 5.12. The molecule has 1 aromatic carbocycles. The minimum Gasteiger partial charge on any atom is -0.348 e. The summed E-state index contributed by atoms with van der Waals surface area (Å²) >= 11 is 5.32. The Balaban J connectivity index is 1.61. The van der Waals surface area contributed by atoms with E-state index in [-0.39, 0.29) is 6.10 Å². The third-order valence-corrected chi connectivity index (χ3v) is 4.70. The van der Waals surface area contributed by atoms with Crippen molar-refractivity contribution < 1.29 is 9.47 Å². The number of benzene rings is 1. The van der Waals surface area contributed by atoms with E-state index in [0.29, 0.717) is 6.61 Å². The van der Waals surface area contributed by atoms with Crippen LogP contribution in [-0.2, 0) is 16.0 Å². The van der Waals surface area contributed by atoms with Crippen molar-refractivity contribution in [2.45, 2.75) is 37.2 Å². The second kappa shape index (κ2) is 4.80. The molecule has 1 saturated heterocycles. The van der Waals surface area contributed by atoms with E-state index in [0.717, 1.165) is 17.6 Å². The average molecular weight is 330 g/mol. The molecule has 18 heavy (non-hydrogen) atoms. The number of ether oxygens (including phenoxy) is 2. The maximum Gasteiger partial charge on any atom is 0.163 e. The van der Waals surface area contributed by atoms with Crippen molar-refractivity contribution in [1.82, 2.24) is 4.31 Å². The summed E-state index contributed by atoms with van der Waals surface area (Å²) in [6, 6.07) is 6.45. The standard InChI is InChI=1S/C13H16BrNO2S/c1-13(2)16-8-11(17-13)7-15-6-9-5-10(14)3-4-12(9)18-15/h3-5,11H,6-8H2,1-2H3/t11-/m0/s1. The predicted octanol–water partition coefficient (Wildman–Crippen LogP) is 3.42. The Morgan fingerprint density at radius 1 is 1.50 bits per heavy atom. The van der Waals surface area contributed by atoms with Crippen molar-refractivity contribution >= 4 is 27.9 Å². The van der Waals surface area contributed by atoms with Gasteiger partial charge in [0.25, 0.3) is 0 Å². The maximum atomic E-state index is 5.85. The van der Waals surface area contributed by atoms with Crippen molar-refractivity contribution in [2.24, 2.45) is 0 Å². The summed E-state index contributed by atoms with van der Waals surface area (Å²) in [5, 5.41) is 0. The first-order valence-electron chi connectivity index (χ1n) is 6.05. The van der Waals surface area contributed by atoms with Crippen LogP contribution in [0.25, 0.3) is 0 Å². The molecule has 2 aliphatic rings. The maximum absolute atomic E-state index is 5.85. The van der Waals surface area contributed by atoms with E-state index in [9.17, 15) is 0 Å². The van der Waals surface area contributed by atoms with Crippen LogP contribution in [0.1, 0.15) is 19.4 Å². The fraction of sp³-hybridized carbons (Fsp3) is 0.538. The lowest BCUT2D eigenvalue weighted by Gasteiger charge is -2.20. The summed E-state index contributed by atoms with van der Waals surface area (Å²) < 4.78 is 14.9. The molecule has 0 bridgehead atoms. The lowest BCUT2D eigenvalue weighted by Crippen LogP contribution is -2.28. The van der Waals surface area contributed by atoms with Crippen LogP contribution >= 0.6 is 27.9 Å². The monoisotopic (exact) mass is 329 g/mol. The molecule has 2 aliphatic heterocycles. The van der Waals surface area contributed by atoms with Crippen molar-refractivity contribution in [3.05, 3.63) is 28.2 Å². The van der Waals surface area contributed by atoms with Crippen LogP contribution in [0.3, 0.4) is 0 Å². The van der Waals surface area contributed by atoms with Gasteiger partial charge in [-0.15, -0.1) is 0 Å². The first kappa shape index (κ1) is 12.9. The van der Waals surface area contributed by atoms with Gasteiger partial charge >= 0.3 is 0 Å². The lowest BCUT2D eigenvalue weighted by atomic mass is 10.2. The third-order valence-electron chi connectivity index (χ3n) is 3.07. The molecule has 0 unspecified atom stereocenters. The highest BCUT2D eigenvalue weighted by Crippen LogP contribution is 2.38. The molecule has 1 atom stereocenters. The summed E-state index contributed by atoms with van der Waals surface area (Å²) in [7, 11) is 0. The first-order valence-corrected chi connectivity index (χ1v) is 7.62. The van der Waals surface area contributed by atoms with Gasteiger partial charge in [-0.1, -0.05) is 15.9 Å². The van der Waals surface area contributed by atoms with Gasteiger partial charge in [-0.3, -0.25) is 0 Å². The van der Waals surface area contributed by atoms with Crippen LogP contribution in [0.15, 0.2) is 27.6 Å². The minimum atomic E-state index is -0.426. The fourth-order valence-corrected chi connectivity index (χ4v) is 3.80. The zero-order valence-electron chi connectivity index (χ0n) is 10.5. The van der Waals surface area contributed by atoms with Crippen LogP contribution in [0.5, 0.6) is 0 Å². The van der Waals surface area contributed by atoms with Crippen molar-refractivity contribution in [1.29, 1.82) is 0 Å². The molecule has 5 heteroatoms. The van der Waals surface area contributed by atoms with Gasteiger partial charge in [0.15, 0.2) is 5.79 Å². The molecule has 0 aliphatic carbocycles. The number of halogens is 1. The smallest absolute Gasteiger partial charge is 0.163 e. The Morgan fingerprint density at radius 3 is 3.06 bits per heavy atom. The van der Waals surface area contributed by atoms with E-state index in [4.69, 9.17) is 9.47 Å². The molecule has 0 aromatic heterocycles. The molecule has 2 heterocycles. The first-order chi connectivity index (χ1) is 8.52. The van der Waals surface area contributed by atoms with Gasteiger partial charge in [0.1, 0.15) is 0 Å². The summed E-state index contributed by atoms with van der Waals surface area (Å²) in [5.74, 6) is -0.426. The van der Waals surface area contributed by atoms with Gasteiger partial charge in [-0.2, -0.15) is 0 Å². The summed E-state index contributed by atoms with van der Waals surface area (Å²) in [5.41, 5.74) is 1.38. The molecule has 1 fully saturated rings. The van der Waals surface area contributed by atoms with Gasteiger partial charge in [0, 0.05) is 22.5 Å². The third kappa shape index (κ3) is 2.75. The topological polar surface area (TPSA) is 21.7 Å². The van der Waals surface area contributed by atoms with Crippen LogP contribution < -0.4 is 0 Å². The number of hydrogen-bond acceptors (Lipinski definition) is 4. The molecule has 0 spiro atoms. The zero-order valence-corrected chi connectivity index (χ0v) is 12.9. The van der Waals surface area contributed by atoms with Gasteiger partial charge < -0.3 is 9.47 Å². The molecule has 0 saturated carbocycles. The Kier molecular flexibility index (Phi) is 3.45. The van der Waals surface area contributed by atoms with Crippen LogP contribution in [0, 0.1) is 0 Å². The highest BCUT2D eigenvalue weighted by molar-refractivity contribution is 9.10. The van der Waals surface area contributed by atoms with Crippen LogP contribution in [-0.4, -0.2) is 29.3 Å². The molecular weight excluding hydrogens is 314 g/mol. The van der Waals surface area contributed by atoms with Crippen molar-refractivity contribution in [3.63, 3.8) is 0 Å². The fourth-order valence-electron chi connectivity index (χ4n) is 2.30. The van der Waals surface area contributed by atoms with Gasteiger partial charge in [-0.25, -0.2) is 4.31 Å². The normalized spacial score (nSPS) is 26.5. The lowest BCUT2D eigenvalue weighted by molar-refractivity contribution is -0.139. The van der Waals surface area contributed by atoms with E-state index >= 15 is 0 Å². The largest absolute Gasteiger partial charge is 0.348 e.